The molecule has 0 fully saturated rings. The highest BCUT2D eigenvalue weighted by atomic mass is 35.5. The van der Waals surface area contributed by atoms with E-state index < -0.39 is 5.38 Å². The Kier molecular flexibility index (Phi) is 4.49. The molecular formula is C6H9Cl2NO. The van der Waals surface area contributed by atoms with Crippen molar-refractivity contribution in [1.82, 2.24) is 5.32 Å². The largest absolute Gasteiger partial charge is 0.350 e. The van der Waals surface area contributed by atoms with Crippen molar-refractivity contribution in [3.8, 4) is 0 Å². The van der Waals surface area contributed by atoms with E-state index >= 15 is 0 Å². The Morgan fingerprint density at radius 3 is 2.60 bits per heavy atom. The number of nitrogens with one attached hydrogen (secondary N) is 1. The van der Waals surface area contributed by atoms with Crippen LogP contribution in [0, 0.1) is 0 Å². The molecule has 1 atom stereocenters. The van der Waals surface area contributed by atoms with Crippen molar-refractivity contribution in [2.45, 2.75) is 12.3 Å². The van der Waals surface area contributed by atoms with E-state index in [0.717, 1.165) is 0 Å². The predicted molar refractivity (Wildman–Crippen MR) is 43.3 cm³/mol. The summed E-state index contributed by atoms with van der Waals surface area (Å²) in [5.41, 5.74) is 0. The molecule has 0 spiro atoms. The molecule has 0 rings (SSSR count). The van der Waals surface area contributed by atoms with E-state index in [1.165, 1.54) is 0 Å². The molecular weight excluding hydrogens is 173 g/mol. The highest BCUT2D eigenvalue weighted by molar-refractivity contribution is 6.31. The zero-order valence-electron chi connectivity index (χ0n) is 5.66. The van der Waals surface area contributed by atoms with Crippen molar-refractivity contribution in [2.75, 3.05) is 6.54 Å². The molecule has 10 heavy (non-hydrogen) atoms. The third-order valence-electron chi connectivity index (χ3n) is 0.816. The summed E-state index contributed by atoms with van der Waals surface area (Å²) in [5, 5.41) is 2.36. The lowest BCUT2D eigenvalue weighted by Crippen LogP contribution is -2.30. The van der Waals surface area contributed by atoms with Crippen LogP contribution in [0.25, 0.3) is 0 Å². The highest BCUT2D eigenvalue weighted by Crippen LogP contribution is 1.95. The van der Waals surface area contributed by atoms with Gasteiger partial charge in [0.2, 0.25) is 5.91 Å². The molecule has 0 aromatic rings. The minimum Gasteiger partial charge on any atom is -0.350 e. The van der Waals surface area contributed by atoms with Crippen molar-refractivity contribution in [2.24, 2.45) is 0 Å². The summed E-state index contributed by atoms with van der Waals surface area (Å²) in [6, 6.07) is 0. The van der Waals surface area contributed by atoms with Gasteiger partial charge in [-0.15, -0.1) is 11.6 Å². The lowest BCUT2D eigenvalue weighted by molar-refractivity contribution is -0.120. The normalized spacial score (nSPS) is 12.3. The summed E-state index contributed by atoms with van der Waals surface area (Å²) < 4.78 is 0. The predicted octanol–water partition coefficient (Wildman–Crippen LogP) is 1.48. The summed E-state index contributed by atoms with van der Waals surface area (Å²) in [6.07, 6.45) is 0. The minimum absolute atomic E-state index is 0.233. The third kappa shape index (κ3) is 4.65. The van der Waals surface area contributed by atoms with Crippen LogP contribution in [0.3, 0.4) is 0 Å². The van der Waals surface area contributed by atoms with E-state index in [0.29, 0.717) is 5.03 Å². The number of amides is 1. The van der Waals surface area contributed by atoms with E-state index in [2.05, 4.69) is 11.9 Å². The Hall–Kier alpha value is -0.210. The third-order valence-corrected chi connectivity index (χ3v) is 1.15. The zero-order valence-corrected chi connectivity index (χ0v) is 7.17. The maximum absolute atomic E-state index is 10.7. The van der Waals surface area contributed by atoms with Gasteiger partial charge in [-0.05, 0) is 6.92 Å². The summed E-state index contributed by atoms with van der Waals surface area (Å²) in [7, 11) is 0. The average molecular weight is 182 g/mol. The quantitative estimate of drug-likeness (QED) is 0.658. The Balaban J connectivity index is 3.50. The first-order chi connectivity index (χ1) is 4.54. The average Bonchev–Trinajstić information content (AvgIpc) is 1.82. The first kappa shape index (κ1) is 9.79. The smallest absolute Gasteiger partial charge is 0.238 e. The molecule has 0 saturated carbocycles. The van der Waals surface area contributed by atoms with Gasteiger partial charge in [0, 0.05) is 5.03 Å². The van der Waals surface area contributed by atoms with Gasteiger partial charge in [-0.25, -0.2) is 0 Å². The molecule has 0 aliphatic rings. The maximum atomic E-state index is 10.7. The monoisotopic (exact) mass is 181 g/mol. The first-order valence-corrected chi connectivity index (χ1v) is 3.60. The fraction of sp³-hybridized carbons (Fsp3) is 0.500. The van der Waals surface area contributed by atoms with E-state index in [1.54, 1.807) is 6.92 Å². The standard InChI is InChI=1S/C6H9Cl2NO/c1-4(7)3-9-6(10)5(2)8/h5H,1,3H2,2H3,(H,9,10). The molecule has 0 heterocycles. The van der Waals surface area contributed by atoms with Crippen LogP contribution in [0.4, 0.5) is 0 Å². The number of rotatable bonds is 3. The molecule has 4 heteroatoms. The van der Waals surface area contributed by atoms with Gasteiger partial charge < -0.3 is 5.32 Å². The number of carbonyl (C=O) groups excluding carboxylic acids is 1. The lowest BCUT2D eigenvalue weighted by atomic mass is 10.4. The van der Waals surface area contributed by atoms with Crippen LogP contribution in [0.2, 0.25) is 0 Å². The molecule has 0 aliphatic heterocycles. The molecule has 0 aromatic carbocycles. The molecule has 58 valence electrons. The van der Waals surface area contributed by atoms with Crippen molar-refractivity contribution in [3.05, 3.63) is 11.6 Å². The molecule has 0 aliphatic carbocycles. The number of carbonyl (C=O) groups is 1. The Morgan fingerprint density at radius 2 is 2.30 bits per heavy atom. The van der Waals surface area contributed by atoms with Crippen LogP contribution < -0.4 is 5.32 Å². The summed E-state index contributed by atoms with van der Waals surface area (Å²) in [6.45, 7) is 5.26. The molecule has 2 nitrogen and oxygen atoms in total. The fourth-order valence-electron chi connectivity index (χ4n) is 0.324. The van der Waals surface area contributed by atoms with Gasteiger partial charge in [0.1, 0.15) is 5.38 Å². The summed E-state index contributed by atoms with van der Waals surface area (Å²) >= 11 is 10.8. The zero-order chi connectivity index (χ0) is 8.15. The lowest BCUT2D eigenvalue weighted by Gasteiger charge is -2.03. The maximum Gasteiger partial charge on any atom is 0.238 e. The van der Waals surface area contributed by atoms with Crippen molar-refractivity contribution >= 4 is 29.1 Å². The molecule has 0 radical (unpaired) electrons. The Bertz CT molecular complexity index is 145. The van der Waals surface area contributed by atoms with Crippen LogP contribution in [-0.4, -0.2) is 17.8 Å². The number of hydrogen-bond donors (Lipinski definition) is 1. The second kappa shape index (κ2) is 4.58. The fourth-order valence-corrected chi connectivity index (χ4v) is 0.468. The number of halogens is 2. The number of alkyl halides is 1. The summed E-state index contributed by atoms with van der Waals surface area (Å²) in [4.78, 5) is 10.7. The van der Waals surface area contributed by atoms with Crippen molar-refractivity contribution < 1.29 is 4.79 Å². The van der Waals surface area contributed by atoms with E-state index in [1.807, 2.05) is 0 Å². The van der Waals surface area contributed by atoms with Gasteiger partial charge in [-0.3, -0.25) is 4.79 Å². The van der Waals surface area contributed by atoms with Gasteiger partial charge in [0.25, 0.3) is 0 Å². The second-order valence-electron chi connectivity index (χ2n) is 1.85. The summed E-state index contributed by atoms with van der Waals surface area (Å²) in [5.74, 6) is -0.233. The van der Waals surface area contributed by atoms with Crippen LogP contribution in [0.5, 0.6) is 0 Å². The molecule has 0 saturated heterocycles. The topological polar surface area (TPSA) is 29.1 Å². The van der Waals surface area contributed by atoms with Gasteiger partial charge in [-0.1, -0.05) is 18.2 Å². The van der Waals surface area contributed by atoms with Crippen LogP contribution >= 0.6 is 23.2 Å². The van der Waals surface area contributed by atoms with Gasteiger partial charge in [0.05, 0.1) is 6.54 Å². The van der Waals surface area contributed by atoms with Gasteiger partial charge >= 0.3 is 0 Å². The first-order valence-electron chi connectivity index (χ1n) is 2.79. The SMILES string of the molecule is C=C(Cl)CNC(=O)C(C)Cl. The van der Waals surface area contributed by atoms with E-state index in [4.69, 9.17) is 23.2 Å². The van der Waals surface area contributed by atoms with Crippen LogP contribution in [0.1, 0.15) is 6.92 Å². The molecule has 0 bridgehead atoms. The number of hydrogen-bond acceptors (Lipinski definition) is 1. The minimum atomic E-state index is -0.518. The molecule has 1 unspecified atom stereocenters. The second-order valence-corrected chi connectivity index (χ2v) is 3.04. The Morgan fingerprint density at radius 1 is 1.80 bits per heavy atom. The highest BCUT2D eigenvalue weighted by Gasteiger charge is 2.06. The molecule has 0 aromatic heterocycles. The molecule has 1 N–H and O–H groups in total. The van der Waals surface area contributed by atoms with Crippen molar-refractivity contribution in [1.29, 1.82) is 0 Å². The van der Waals surface area contributed by atoms with E-state index in [-0.39, 0.29) is 12.5 Å². The van der Waals surface area contributed by atoms with Gasteiger partial charge in [-0.2, -0.15) is 0 Å². The van der Waals surface area contributed by atoms with Crippen LogP contribution in [0.15, 0.2) is 11.6 Å². The van der Waals surface area contributed by atoms with Gasteiger partial charge in [0.15, 0.2) is 0 Å². The van der Waals surface area contributed by atoms with Crippen LogP contribution in [-0.2, 0) is 4.79 Å². The Labute approximate surface area is 70.2 Å². The molecule has 1 amide bonds. The van der Waals surface area contributed by atoms with Crippen molar-refractivity contribution in [3.63, 3.8) is 0 Å². The van der Waals surface area contributed by atoms with E-state index in [9.17, 15) is 4.79 Å².